The van der Waals surface area contributed by atoms with Crippen LogP contribution in [0.5, 0.6) is 0 Å². The van der Waals surface area contributed by atoms with Crippen LogP contribution in [-0.2, 0) is 28.6 Å². The average molecular weight is 853 g/mol. The van der Waals surface area contributed by atoms with E-state index < -0.39 is 12.1 Å². The van der Waals surface area contributed by atoms with Crippen molar-refractivity contribution in [3.63, 3.8) is 0 Å². The molecule has 62 heavy (non-hydrogen) atoms. The van der Waals surface area contributed by atoms with Gasteiger partial charge in [-0.2, -0.15) is 0 Å². The van der Waals surface area contributed by atoms with Gasteiger partial charge in [-0.25, -0.2) is 0 Å². The molecule has 0 saturated heterocycles. The Morgan fingerprint density at radius 3 is 1.27 bits per heavy atom. The van der Waals surface area contributed by atoms with Gasteiger partial charge in [-0.05, 0) is 77.0 Å². The lowest BCUT2D eigenvalue weighted by atomic mass is 10.1. The van der Waals surface area contributed by atoms with Crippen LogP contribution in [0.25, 0.3) is 0 Å². The Labute approximate surface area is 378 Å². The number of hydrogen-bond acceptors (Lipinski definition) is 6. The van der Waals surface area contributed by atoms with Crippen molar-refractivity contribution < 1.29 is 28.6 Å². The number of unbranched alkanes of at least 4 members (excludes halogenated alkanes) is 13. The third-order valence-corrected chi connectivity index (χ3v) is 9.31. The van der Waals surface area contributed by atoms with Crippen molar-refractivity contribution in [3.05, 3.63) is 146 Å². The van der Waals surface area contributed by atoms with Crippen LogP contribution in [0.1, 0.15) is 168 Å². The summed E-state index contributed by atoms with van der Waals surface area (Å²) >= 11 is 0. The summed E-state index contributed by atoms with van der Waals surface area (Å²) < 4.78 is 16.6. The minimum absolute atomic E-state index is 0.113. The van der Waals surface area contributed by atoms with Crippen LogP contribution in [0.15, 0.2) is 146 Å². The molecule has 0 radical (unpaired) electrons. The molecule has 1 atom stereocenters. The third kappa shape index (κ3) is 46.4. The van der Waals surface area contributed by atoms with Gasteiger partial charge >= 0.3 is 17.9 Å². The minimum atomic E-state index is -0.851. The van der Waals surface area contributed by atoms with Crippen molar-refractivity contribution in [1.29, 1.82) is 0 Å². The summed E-state index contributed by atoms with van der Waals surface area (Å²) in [5.41, 5.74) is 0. The van der Waals surface area contributed by atoms with E-state index in [9.17, 15) is 14.4 Å². The van der Waals surface area contributed by atoms with Gasteiger partial charge in [-0.3, -0.25) is 14.4 Å². The fraction of sp³-hybridized carbons (Fsp3) is 0.518. The van der Waals surface area contributed by atoms with E-state index in [1.165, 1.54) is 32.1 Å². The standard InChI is InChI=1S/C56H84O6/c1-4-7-10-13-16-19-21-23-25-27-29-30-32-34-37-40-43-46-49-55(58)61-52-53(51-60-54(57)48-45-42-39-36-18-15-12-9-6-3)62-56(59)50-47-44-41-38-35-33-31-28-26-24-22-20-17-14-11-8-5-2/h8-9,11-12,14,17-18,20-31,33,35-36,42,45,53H,4-7,10,13,15-16,19,32,34,37-41,43-44,46-52H2,1-3H3/b11-8-,12-9-,17-14-,22-20-,23-21-,26-24-,27-25-,30-29-,31-28+,35-33-,36-18-,45-42-. The monoisotopic (exact) mass is 853 g/mol. The lowest BCUT2D eigenvalue weighted by Gasteiger charge is -2.18. The first-order chi connectivity index (χ1) is 30.5. The number of hydrogen-bond donors (Lipinski definition) is 0. The summed E-state index contributed by atoms with van der Waals surface area (Å²) in [6.45, 7) is 6.17. The molecule has 0 aromatic rings. The summed E-state index contributed by atoms with van der Waals surface area (Å²) in [5, 5.41) is 0. The largest absolute Gasteiger partial charge is 0.462 e. The summed E-state index contributed by atoms with van der Waals surface area (Å²) in [7, 11) is 0. The highest BCUT2D eigenvalue weighted by Gasteiger charge is 2.19. The second-order valence-corrected chi connectivity index (χ2v) is 15.1. The Morgan fingerprint density at radius 1 is 0.371 bits per heavy atom. The first kappa shape index (κ1) is 57.3. The van der Waals surface area contributed by atoms with Crippen molar-refractivity contribution >= 4 is 17.9 Å². The number of carbonyl (C=O) groups excluding carboxylic acids is 3. The molecule has 344 valence electrons. The van der Waals surface area contributed by atoms with E-state index in [-0.39, 0.29) is 38.0 Å². The summed E-state index contributed by atoms with van der Waals surface area (Å²) in [6.07, 6.45) is 70.0. The smallest absolute Gasteiger partial charge is 0.309 e. The highest BCUT2D eigenvalue weighted by molar-refractivity contribution is 5.72. The molecule has 0 N–H and O–H groups in total. The molecular weight excluding hydrogens is 769 g/mol. The van der Waals surface area contributed by atoms with Crippen molar-refractivity contribution in [2.45, 2.75) is 175 Å². The van der Waals surface area contributed by atoms with Gasteiger partial charge in [-0.1, -0.05) is 218 Å². The number of rotatable bonds is 40. The van der Waals surface area contributed by atoms with Crippen LogP contribution in [0.2, 0.25) is 0 Å². The maximum absolute atomic E-state index is 12.7. The normalized spacial score (nSPS) is 13.4. The Kier molecular flexibility index (Phi) is 45.2. The molecule has 0 aromatic heterocycles. The van der Waals surface area contributed by atoms with E-state index in [0.29, 0.717) is 12.8 Å². The van der Waals surface area contributed by atoms with Crippen molar-refractivity contribution in [1.82, 2.24) is 0 Å². The minimum Gasteiger partial charge on any atom is -0.462 e. The van der Waals surface area contributed by atoms with Gasteiger partial charge in [0.05, 0.1) is 6.42 Å². The molecule has 0 spiro atoms. The van der Waals surface area contributed by atoms with E-state index in [4.69, 9.17) is 14.2 Å². The molecule has 0 heterocycles. The summed E-state index contributed by atoms with van der Waals surface area (Å²) in [4.78, 5) is 37.7. The fourth-order valence-corrected chi connectivity index (χ4v) is 5.77. The molecule has 0 aliphatic rings. The number of allylic oxidation sites excluding steroid dienone is 23. The first-order valence-electron chi connectivity index (χ1n) is 24.0. The van der Waals surface area contributed by atoms with E-state index in [1.54, 1.807) is 6.08 Å². The molecular formula is C56H84O6. The molecule has 6 nitrogen and oxygen atoms in total. The zero-order valence-corrected chi connectivity index (χ0v) is 39.1. The Hall–Kier alpha value is -4.71. The number of ether oxygens (including phenoxy) is 3. The predicted molar refractivity (Wildman–Crippen MR) is 265 cm³/mol. The van der Waals surface area contributed by atoms with Crippen LogP contribution >= 0.6 is 0 Å². The highest BCUT2D eigenvalue weighted by Crippen LogP contribution is 2.11. The van der Waals surface area contributed by atoms with E-state index >= 15 is 0 Å². The molecule has 0 aromatic carbocycles. The third-order valence-electron chi connectivity index (χ3n) is 9.31. The van der Waals surface area contributed by atoms with Crippen LogP contribution in [0.4, 0.5) is 0 Å². The van der Waals surface area contributed by atoms with Gasteiger partial charge in [0, 0.05) is 12.8 Å². The van der Waals surface area contributed by atoms with Gasteiger partial charge in [0.25, 0.3) is 0 Å². The summed E-state index contributed by atoms with van der Waals surface area (Å²) in [5.74, 6) is -1.15. The topological polar surface area (TPSA) is 78.9 Å². The zero-order chi connectivity index (χ0) is 45.1. The molecule has 0 saturated carbocycles. The molecule has 1 unspecified atom stereocenters. The van der Waals surface area contributed by atoms with Crippen LogP contribution in [0.3, 0.4) is 0 Å². The molecule has 0 aliphatic carbocycles. The maximum atomic E-state index is 12.7. The predicted octanol–water partition coefficient (Wildman–Crippen LogP) is 15.7. The Bertz CT molecular complexity index is 1440. The van der Waals surface area contributed by atoms with Gasteiger partial charge in [0.2, 0.25) is 0 Å². The van der Waals surface area contributed by atoms with Gasteiger partial charge in [0.15, 0.2) is 6.10 Å². The van der Waals surface area contributed by atoms with Crippen molar-refractivity contribution in [2.75, 3.05) is 13.2 Å². The van der Waals surface area contributed by atoms with Crippen LogP contribution in [0, 0.1) is 0 Å². The Morgan fingerprint density at radius 2 is 0.758 bits per heavy atom. The second kappa shape index (κ2) is 49.0. The molecule has 6 heteroatoms. The van der Waals surface area contributed by atoms with Crippen LogP contribution in [-0.4, -0.2) is 37.2 Å². The molecule has 0 rings (SSSR count). The van der Waals surface area contributed by atoms with Crippen LogP contribution < -0.4 is 0 Å². The molecule has 0 amide bonds. The number of esters is 3. The van der Waals surface area contributed by atoms with Gasteiger partial charge < -0.3 is 14.2 Å². The average Bonchev–Trinajstić information content (AvgIpc) is 3.27. The number of carbonyl (C=O) groups is 3. The van der Waals surface area contributed by atoms with Gasteiger partial charge in [0.1, 0.15) is 13.2 Å². The van der Waals surface area contributed by atoms with Gasteiger partial charge in [-0.15, -0.1) is 0 Å². The summed E-state index contributed by atoms with van der Waals surface area (Å²) in [6, 6.07) is 0. The van der Waals surface area contributed by atoms with E-state index in [0.717, 1.165) is 89.9 Å². The second-order valence-electron chi connectivity index (χ2n) is 15.1. The fourth-order valence-electron chi connectivity index (χ4n) is 5.77. The molecule has 0 fully saturated rings. The SMILES string of the molecule is CC\C=C/C=C\C=C/C=C\C=C\C=C/CCCCCC(=O)OC(COC(=O)C/C=C\C/C=C\C/C=C\CC)COC(=O)CCCCCCC\C=C/C=C\C=C/CCCCCCC. The first-order valence-corrected chi connectivity index (χ1v) is 24.0. The maximum Gasteiger partial charge on any atom is 0.309 e. The van der Waals surface area contributed by atoms with Crippen molar-refractivity contribution in [2.24, 2.45) is 0 Å². The van der Waals surface area contributed by atoms with Crippen molar-refractivity contribution in [3.8, 4) is 0 Å². The van der Waals surface area contributed by atoms with E-state index in [2.05, 4.69) is 93.7 Å². The Balaban J connectivity index is 4.57. The lowest BCUT2D eigenvalue weighted by molar-refractivity contribution is -0.166. The highest BCUT2D eigenvalue weighted by atomic mass is 16.6. The zero-order valence-electron chi connectivity index (χ0n) is 39.1. The molecule has 0 bridgehead atoms. The molecule has 0 aliphatic heterocycles. The lowest BCUT2D eigenvalue weighted by Crippen LogP contribution is -2.30. The van der Waals surface area contributed by atoms with E-state index in [1.807, 2.05) is 66.8 Å². The quantitative estimate of drug-likeness (QED) is 0.0201.